The van der Waals surface area contributed by atoms with Crippen molar-refractivity contribution in [2.75, 3.05) is 5.32 Å². The van der Waals surface area contributed by atoms with E-state index in [1.807, 2.05) is 55.5 Å². The molecule has 0 radical (unpaired) electrons. The molecule has 1 N–H and O–H groups in total. The van der Waals surface area contributed by atoms with Gasteiger partial charge in [-0.3, -0.25) is 14.2 Å². The fourth-order valence-corrected chi connectivity index (χ4v) is 4.35. The van der Waals surface area contributed by atoms with Gasteiger partial charge in [0.15, 0.2) is 5.16 Å². The molecule has 0 aliphatic carbocycles. The van der Waals surface area contributed by atoms with Crippen molar-refractivity contribution in [2.24, 2.45) is 0 Å². The van der Waals surface area contributed by atoms with Gasteiger partial charge in [-0.2, -0.15) is 0 Å². The quantitative estimate of drug-likeness (QED) is 0.302. The highest BCUT2D eigenvalue weighted by Gasteiger charge is 2.20. The monoisotopic (exact) mass is 463 g/mol. The first kappa shape index (κ1) is 22.1. The highest BCUT2D eigenvalue weighted by Crippen LogP contribution is 2.26. The summed E-state index contributed by atoms with van der Waals surface area (Å²) in [5, 5.41) is 3.87. The Labute approximate surface area is 195 Å². The maximum Gasteiger partial charge on any atom is 0.262 e. The SMILES string of the molecule is Cc1ccc(Cn2c(SC(C)C(=O)Nc3ccccc3Cl)nc3ccccc3c2=O)cc1. The lowest BCUT2D eigenvalue weighted by Gasteiger charge is -2.17. The number of benzene rings is 3. The number of aryl methyl sites for hydroxylation is 1. The second-order valence-corrected chi connectivity index (χ2v) is 9.23. The van der Waals surface area contributed by atoms with Gasteiger partial charge >= 0.3 is 0 Å². The molecule has 5 nitrogen and oxygen atoms in total. The molecule has 7 heteroatoms. The summed E-state index contributed by atoms with van der Waals surface area (Å²) < 4.78 is 1.64. The average molecular weight is 464 g/mol. The molecular weight excluding hydrogens is 442 g/mol. The van der Waals surface area contributed by atoms with Crippen LogP contribution in [0.15, 0.2) is 82.7 Å². The Balaban J connectivity index is 1.67. The number of fused-ring (bicyclic) bond motifs is 1. The normalized spacial score (nSPS) is 12.0. The summed E-state index contributed by atoms with van der Waals surface area (Å²) in [6.45, 7) is 4.18. The molecule has 0 aliphatic rings. The second kappa shape index (κ2) is 9.59. The number of rotatable bonds is 6. The summed E-state index contributed by atoms with van der Waals surface area (Å²) in [5.74, 6) is -0.215. The molecule has 3 aromatic carbocycles. The first-order chi connectivity index (χ1) is 15.4. The van der Waals surface area contributed by atoms with Gasteiger partial charge in [0.25, 0.3) is 5.56 Å². The number of thioether (sulfide) groups is 1. The van der Waals surface area contributed by atoms with Crippen LogP contribution in [-0.2, 0) is 11.3 Å². The summed E-state index contributed by atoms with van der Waals surface area (Å²) >= 11 is 7.42. The molecule has 1 heterocycles. The molecule has 4 rings (SSSR count). The van der Waals surface area contributed by atoms with Gasteiger partial charge in [0, 0.05) is 0 Å². The van der Waals surface area contributed by atoms with Gasteiger partial charge in [-0.05, 0) is 43.7 Å². The van der Waals surface area contributed by atoms with E-state index < -0.39 is 5.25 Å². The van der Waals surface area contributed by atoms with Crippen LogP contribution < -0.4 is 10.9 Å². The van der Waals surface area contributed by atoms with Crippen LogP contribution in [0.2, 0.25) is 5.02 Å². The van der Waals surface area contributed by atoms with Crippen LogP contribution in [0.1, 0.15) is 18.1 Å². The van der Waals surface area contributed by atoms with Crippen LogP contribution in [0.5, 0.6) is 0 Å². The fourth-order valence-electron chi connectivity index (χ4n) is 3.26. The Hall–Kier alpha value is -3.09. The van der Waals surface area contributed by atoms with Crippen LogP contribution >= 0.6 is 23.4 Å². The molecule has 0 spiro atoms. The summed E-state index contributed by atoms with van der Waals surface area (Å²) in [6, 6.07) is 22.4. The van der Waals surface area contributed by atoms with E-state index >= 15 is 0 Å². The number of aromatic nitrogens is 2. The van der Waals surface area contributed by atoms with Crippen LogP contribution in [0.4, 0.5) is 5.69 Å². The molecule has 0 saturated heterocycles. The van der Waals surface area contributed by atoms with E-state index in [1.54, 1.807) is 35.8 Å². The molecule has 162 valence electrons. The third-order valence-corrected chi connectivity index (χ3v) is 6.49. The van der Waals surface area contributed by atoms with E-state index in [1.165, 1.54) is 11.8 Å². The first-order valence-electron chi connectivity index (χ1n) is 10.2. The minimum atomic E-state index is -0.497. The summed E-state index contributed by atoms with van der Waals surface area (Å²) in [6.07, 6.45) is 0. The van der Waals surface area contributed by atoms with Gasteiger partial charge in [-0.1, -0.05) is 77.5 Å². The lowest BCUT2D eigenvalue weighted by Crippen LogP contribution is -2.27. The predicted octanol–water partition coefficient (Wildman–Crippen LogP) is 5.53. The number of carbonyl (C=O) groups is 1. The van der Waals surface area contributed by atoms with Crippen molar-refractivity contribution in [2.45, 2.75) is 30.8 Å². The number of carbonyl (C=O) groups excluding carboxylic acids is 1. The average Bonchev–Trinajstić information content (AvgIpc) is 2.79. The fraction of sp³-hybridized carbons (Fsp3) is 0.160. The maximum atomic E-state index is 13.3. The van der Waals surface area contributed by atoms with Crippen molar-refractivity contribution >= 4 is 45.9 Å². The molecule has 0 fully saturated rings. The Morgan fingerprint density at radius 1 is 1.06 bits per heavy atom. The number of hydrogen-bond donors (Lipinski definition) is 1. The van der Waals surface area contributed by atoms with E-state index in [0.29, 0.717) is 33.3 Å². The maximum absolute atomic E-state index is 13.3. The molecule has 1 amide bonds. The van der Waals surface area contributed by atoms with Crippen molar-refractivity contribution in [3.05, 3.63) is 99.3 Å². The van der Waals surface area contributed by atoms with E-state index in [2.05, 4.69) is 5.32 Å². The smallest absolute Gasteiger partial charge is 0.262 e. The van der Waals surface area contributed by atoms with E-state index in [-0.39, 0.29) is 11.5 Å². The zero-order valence-electron chi connectivity index (χ0n) is 17.7. The first-order valence-corrected chi connectivity index (χ1v) is 11.5. The Bertz CT molecular complexity index is 1340. The summed E-state index contributed by atoms with van der Waals surface area (Å²) in [5.41, 5.74) is 3.17. The van der Waals surface area contributed by atoms with Gasteiger partial charge in [0.05, 0.1) is 33.4 Å². The van der Waals surface area contributed by atoms with Crippen molar-refractivity contribution < 1.29 is 4.79 Å². The van der Waals surface area contributed by atoms with E-state index in [0.717, 1.165) is 11.1 Å². The molecule has 1 aromatic heterocycles. The summed E-state index contributed by atoms with van der Waals surface area (Å²) in [7, 11) is 0. The van der Waals surface area contributed by atoms with Crippen molar-refractivity contribution in [3.8, 4) is 0 Å². The minimum Gasteiger partial charge on any atom is -0.324 e. The van der Waals surface area contributed by atoms with Gasteiger partial charge in [0.2, 0.25) is 5.91 Å². The minimum absolute atomic E-state index is 0.127. The number of hydrogen-bond acceptors (Lipinski definition) is 4. The molecule has 1 atom stereocenters. The molecule has 0 saturated carbocycles. The van der Waals surface area contributed by atoms with Crippen molar-refractivity contribution in [1.29, 1.82) is 0 Å². The number of amides is 1. The van der Waals surface area contributed by atoms with Crippen molar-refractivity contribution in [1.82, 2.24) is 9.55 Å². The predicted molar refractivity (Wildman–Crippen MR) is 132 cm³/mol. The molecular formula is C25H22ClN3O2S. The number of anilines is 1. The highest BCUT2D eigenvalue weighted by atomic mass is 35.5. The topological polar surface area (TPSA) is 64.0 Å². The van der Waals surface area contributed by atoms with Crippen molar-refractivity contribution in [3.63, 3.8) is 0 Å². The van der Waals surface area contributed by atoms with Crippen LogP contribution in [-0.4, -0.2) is 20.7 Å². The number of nitrogens with one attached hydrogen (secondary N) is 1. The van der Waals surface area contributed by atoms with Gasteiger partial charge in [-0.15, -0.1) is 0 Å². The zero-order valence-corrected chi connectivity index (χ0v) is 19.3. The summed E-state index contributed by atoms with van der Waals surface area (Å²) in [4.78, 5) is 30.8. The molecule has 1 unspecified atom stereocenters. The van der Waals surface area contributed by atoms with Crippen LogP contribution in [0, 0.1) is 6.92 Å². The van der Waals surface area contributed by atoms with E-state index in [9.17, 15) is 9.59 Å². The third-order valence-electron chi connectivity index (χ3n) is 5.07. The molecule has 4 aromatic rings. The largest absolute Gasteiger partial charge is 0.324 e. The lowest BCUT2D eigenvalue weighted by molar-refractivity contribution is -0.115. The highest BCUT2D eigenvalue weighted by molar-refractivity contribution is 8.00. The molecule has 32 heavy (non-hydrogen) atoms. The third kappa shape index (κ3) is 4.87. The standard InChI is InChI=1S/C25H22ClN3O2S/c1-16-11-13-18(14-12-16)15-29-24(31)19-7-3-5-9-21(19)28-25(29)32-17(2)23(30)27-22-10-6-4-8-20(22)26/h3-14,17H,15H2,1-2H3,(H,27,30). The Morgan fingerprint density at radius 3 is 2.50 bits per heavy atom. The molecule has 0 aliphatic heterocycles. The van der Waals surface area contributed by atoms with Crippen LogP contribution in [0.3, 0.4) is 0 Å². The number of nitrogens with zero attached hydrogens (tertiary/aromatic N) is 2. The second-order valence-electron chi connectivity index (χ2n) is 7.52. The lowest BCUT2D eigenvalue weighted by atomic mass is 10.1. The Kier molecular flexibility index (Phi) is 6.63. The number of para-hydroxylation sites is 2. The van der Waals surface area contributed by atoms with Gasteiger partial charge in [-0.25, -0.2) is 4.98 Å². The molecule has 0 bridgehead atoms. The number of halogens is 1. The Morgan fingerprint density at radius 2 is 1.75 bits per heavy atom. The van der Waals surface area contributed by atoms with Crippen LogP contribution in [0.25, 0.3) is 10.9 Å². The van der Waals surface area contributed by atoms with Gasteiger partial charge in [0.1, 0.15) is 0 Å². The van der Waals surface area contributed by atoms with Gasteiger partial charge < -0.3 is 5.32 Å². The zero-order chi connectivity index (χ0) is 22.7. The van der Waals surface area contributed by atoms with E-state index in [4.69, 9.17) is 16.6 Å².